The van der Waals surface area contributed by atoms with Gasteiger partial charge in [0.15, 0.2) is 0 Å². The summed E-state index contributed by atoms with van der Waals surface area (Å²) in [4.78, 5) is 27.0. The lowest BCUT2D eigenvalue weighted by Crippen LogP contribution is -2.45. The minimum absolute atomic E-state index is 0.181. The van der Waals surface area contributed by atoms with E-state index in [9.17, 15) is 22.4 Å². The lowest BCUT2D eigenvalue weighted by Gasteiger charge is -2.25. The number of nitrogens with one attached hydrogen (secondary N) is 1. The Kier molecular flexibility index (Phi) is 8.29. The number of benzene rings is 2. The topological polar surface area (TPSA) is 83.5 Å². The highest BCUT2D eigenvalue weighted by Crippen LogP contribution is 2.20. The van der Waals surface area contributed by atoms with Gasteiger partial charge in [-0.3, -0.25) is 9.59 Å². The average Bonchev–Trinajstić information content (AvgIpc) is 2.72. The first kappa shape index (κ1) is 23.3. The number of anilines is 1. The van der Waals surface area contributed by atoms with Crippen LogP contribution in [0.15, 0.2) is 60.0 Å². The van der Waals surface area contributed by atoms with Crippen molar-refractivity contribution in [1.82, 2.24) is 4.72 Å². The summed E-state index contributed by atoms with van der Waals surface area (Å²) in [6.07, 6.45) is 2.05. The van der Waals surface area contributed by atoms with E-state index in [1.807, 2.05) is 4.72 Å². The molecule has 0 bridgehead atoms. The van der Waals surface area contributed by atoms with Crippen molar-refractivity contribution in [2.75, 3.05) is 11.4 Å². The van der Waals surface area contributed by atoms with Crippen LogP contribution in [0.25, 0.3) is 6.08 Å². The van der Waals surface area contributed by atoms with Gasteiger partial charge < -0.3 is 4.90 Å². The van der Waals surface area contributed by atoms with Gasteiger partial charge in [0.2, 0.25) is 11.8 Å². The van der Waals surface area contributed by atoms with Gasteiger partial charge in [-0.15, -0.1) is 0 Å². The highest BCUT2D eigenvalue weighted by Gasteiger charge is 2.32. The van der Waals surface area contributed by atoms with Crippen LogP contribution in [0.2, 0.25) is 0 Å². The first-order valence-electron chi connectivity index (χ1n) is 9.64. The molecule has 0 heterocycles. The first-order chi connectivity index (χ1) is 14.3. The van der Waals surface area contributed by atoms with Crippen LogP contribution in [0.1, 0.15) is 32.3 Å². The van der Waals surface area contributed by atoms with Gasteiger partial charge in [0.25, 0.3) is 10.0 Å². The largest absolute Gasteiger partial charge is 0.312 e. The molecule has 0 spiro atoms. The second kappa shape index (κ2) is 10.7. The summed E-state index contributed by atoms with van der Waals surface area (Å²) in [5, 5.41) is 0.894. The van der Waals surface area contributed by atoms with Gasteiger partial charge in [-0.25, -0.2) is 17.5 Å². The van der Waals surface area contributed by atoms with Gasteiger partial charge in [0.1, 0.15) is 11.7 Å². The zero-order chi connectivity index (χ0) is 22.1. The van der Waals surface area contributed by atoms with Gasteiger partial charge in [-0.1, -0.05) is 43.7 Å². The molecule has 0 saturated carbocycles. The van der Waals surface area contributed by atoms with Crippen molar-refractivity contribution in [3.05, 3.63) is 71.4 Å². The van der Waals surface area contributed by atoms with E-state index < -0.39 is 33.6 Å². The van der Waals surface area contributed by atoms with Crippen molar-refractivity contribution in [2.45, 2.75) is 26.7 Å². The minimum atomic E-state index is -4.08. The van der Waals surface area contributed by atoms with E-state index in [0.29, 0.717) is 17.7 Å². The van der Waals surface area contributed by atoms with E-state index in [1.54, 1.807) is 44.2 Å². The van der Waals surface area contributed by atoms with Gasteiger partial charge in [-0.05, 0) is 49.2 Å². The normalized spacial score (nSPS) is 12.5. The van der Waals surface area contributed by atoms with Crippen LogP contribution in [0, 0.1) is 11.7 Å². The van der Waals surface area contributed by atoms with Gasteiger partial charge in [0.05, 0.1) is 5.41 Å². The maximum atomic E-state index is 13.2. The molecule has 0 radical (unpaired) electrons. The van der Waals surface area contributed by atoms with Crippen molar-refractivity contribution in [3.8, 4) is 0 Å². The highest BCUT2D eigenvalue weighted by atomic mass is 32.2. The predicted molar refractivity (Wildman–Crippen MR) is 115 cm³/mol. The molecule has 2 aromatic carbocycles. The van der Waals surface area contributed by atoms with Crippen LogP contribution in [-0.2, 0) is 19.6 Å². The average molecular weight is 433 g/mol. The quantitative estimate of drug-likeness (QED) is 0.613. The van der Waals surface area contributed by atoms with Crippen LogP contribution < -0.4 is 9.62 Å². The minimum Gasteiger partial charge on any atom is -0.312 e. The second-order valence-electron chi connectivity index (χ2n) is 6.62. The van der Waals surface area contributed by atoms with Crippen LogP contribution in [0.5, 0.6) is 0 Å². The van der Waals surface area contributed by atoms with Crippen LogP contribution in [0.3, 0.4) is 0 Å². The fourth-order valence-corrected chi connectivity index (χ4v) is 3.73. The molecular formula is C22H25FN2O4S. The second-order valence-corrected chi connectivity index (χ2v) is 8.19. The number of carbonyl (C=O) groups excluding carboxylic acids is 2. The Morgan fingerprint density at radius 3 is 2.27 bits per heavy atom. The Morgan fingerprint density at radius 2 is 1.70 bits per heavy atom. The van der Waals surface area contributed by atoms with Crippen LogP contribution >= 0.6 is 0 Å². The third-order valence-corrected chi connectivity index (χ3v) is 5.37. The molecule has 0 aliphatic heterocycles. The molecule has 0 aliphatic rings. The number of halogens is 1. The van der Waals surface area contributed by atoms with Crippen molar-refractivity contribution in [3.63, 3.8) is 0 Å². The summed E-state index contributed by atoms with van der Waals surface area (Å²) in [7, 11) is -4.08. The highest BCUT2D eigenvalue weighted by molar-refractivity contribution is 7.93. The molecule has 2 amide bonds. The number of carbonyl (C=O) groups is 2. The van der Waals surface area contributed by atoms with E-state index >= 15 is 0 Å². The number of rotatable bonds is 9. The standard InChI is InChI=1S/C22H25FN2O4S/c1-3-8-20(22(27)25(4-2)19-13-11-18(23)12-14-19)21(26)24-30(28,29)16-15-17-9-6-5-7-10-17/h5-7,9-16,20H,3-4,8H2,1-2H3,(H,24,26). The van der Waals surface area contributed by atoms with E-state index in [2.05, 4.69) is 0 Å². The number of hydrogen-bond donors (Lipinski definition) is 1. The van der Waals surface area contributed by atoms with Crippen molar-refractivity contribution in [2.24, 2.45) is 5.92 Å². The van der Waals surface area contributed by atoms with Crippen molar-refractivity contribution < 1.29 is 22.4 Å². The fourth-order valence-electron chi connectivity index (χ4n) is 2.91. The Balaban J connectivity index is 2.18. The van der Waals surface area contributed by atoms with Crippen molar-refractivity contribution in [1.29, 1.82) is 0 Å². The van der Waals surface area contributed by atoms with Crippen LogP contribution in [0.4, 0.5) is 10.1 Å². The summed E-state index contributed by atoms with van der Waals surface area (Å²) in [5.74, 6) is -3.05. The molecule has 0 saturated heterocycles. The molecule has 2 aromatic rings. The molecule has 2 rings (SSSR count). The van der Waals surface area contributed by atoms with E-state index in [4.69, 9.17) is 0 Å². The molecule has 160 valence electrons. The predicted octanol–water partition coefficient (Wildman–Crippen LogP) is 3.71. The van der Waals surface area contributed by atoms with Crippen LogP contribution in [-0.4, -0.2) is 26.8 Å². The van der Waals surface area contributed by atoms with E-state index in [0.717, 1.165) is 5.41 Å². The number of nitrogens with zero attached hydrogens (tertiary/aromatic N) is 1. The lowest BCUT2D eigenvalue weighted by molar-refractivity contribution is -0.133. The van der Waals surface area contributed by atoms with Crippen molar-refractivity contribution >= 4 is 33.6 Å². The third-order valence-electron chi connectivity index (χ3n) is 4.39. The molecule has 1 unspecified atom stereocenters. The maximum absolute atomic E-state index is 13.2. The Bertz CT molecular complexity index is 990. The SMILES string of the molecule is CCCC(C(=O)NS(=O)(=O)C=Cc1ccccc1)C(=O)N(CC)c1ccc(F)cc1. The Morgan fingerprint density at radius 1 is 1.07 bits per heavy atom. The van der Waals surface area contributed by atoms with E-state index in [-0.39, 0.29) is 13.0 Å². The lowest BCUT2D eigenvalue weighted by atomic mass is 10.0. The van der Waals surface area contributed by atoms with Gasteiger partial charge in [0, 0.05) is 12.2 Å². The maximum Gasteiger partial charge on any atom is 0.257 e. The summed E-state index contributed by atoms with van der Waals surface area (Å²) >= 11 is 0. The number of amides is 2. The molecule has 6 nitrogen and oxygen atoms in total. The zero-order valence-electron chi connectivity index (χ0n) is 16.9. The molecule has 0 aliphatic carbocycles. The molecule has 30 heavy (non-hydrogen) atoms. The summed E-state index contributed by atoms with van der Waals surface area (Å²) in [6.45, 7) is 3.77. The monoisotopic (exact) mass is 432 g/mol. The first-order valence-corrected chi connectivity index (χ1v) is 11.2. The van der Waals surface area contributed by atoms with E-state index in [1.165, 1.54) is 35.2 Å². The summed E-state index contributed by atoms with van der Waals surface area (Å²) < 4.78 is 39.8. The summed E-state index contributed by atoms with van der Waals surface area (Å²) in [5.41, 5.74) is 1.09. The van der Waals surface area contributed by atoms with Gasteiger partial charge in [-0.2, -0.15) is 0 Å². The third kappa shape index (κ3) is 6.52. The number of sulfonamides is 1. The molecule has 8 heteroatoms. The smallest absolute Gasteiger partial charge is 0.257 e. The Labute approximate surface area is 176 Å². The Hall–Kier alpha value is -3.00. The summed E-state index contributed by atoms with van der Waals surface area (Å²) in [6, 6.07) is 14.1. The molecular weight excluding hydrogens is 407 g/mol. The fraction of sp³-hybridized carbons (Fsp3) is 0.273. The molecule has 0 aromatic heterocycles. The zero-order valence-corrected chi connectivity index (χ0v) is 17.7. The molecule has 1 N–H and O–H groups in total. The van der Waals surface area contributed by atoms with Gasteiger partial charge >= 0.3 is 0 Å². The molecule has 0 fully saturated rings. The number of hydrogen-bond acceptors (Lipinski definition) is 4. The molecule has 1 atom stereocenters.